The topological polar surface area (TPSA) is 70.9 Å². The van der Waals surface area contributed by atoms with Crippen molar-refractivity contribution in [3.63, 3.8) is 0 Å². The molecule has 1 aliphatic heterocycles. The van der Waals surface area contributed by atoms with Gasteiger partial charge in [-0.25, -0.2) is 9.78 Å². The summed E-state index contributed by atoms with van der Waals surface area (Å²) in [5.41, 5.74) is 1.90. The number of amides is 2. The van der Waals surface area contributed by atoms with E-state index in [1.165, 1.54) is 0 Å². The van der Waals surface area contributed by atoms with E-state index in [2.05, 4.69) is 27.4 Å². The van der Waals surface area contributed by atoms with E-state index < -0.39 is 0 Å². The highest BCUT2D eigenvalue weighted by molar-refractivity contribution is 5.73. The molecule has 7 heteroatoms. The van der Waals surface area contributed by atoms with Gasteiger partial charge in [0, 0.05) is 51.0 Å². The number of nitrogens with one attached hydrogen (secondary N) is 2. The van der Waals surface area contributed by atoms with Gasteiger partial charge in [-0.05, 0) is 19.1 Å². The number of imidazole rings is 1. The Kier molecular flexibility index (Phi) is 5.66. The number of ether oxygens (including phenoxy) is 1. The molecule has 0 bridgehead atoms. The lowest BCUT2D eigenvalue weighted by molar-refractivity contribution is 0.0209. The second kappa shape index (κ2) is 8.12. The third-order valence-electron chi connectivity index (χ3n) is 4.31. The van der Waals surface area contributed by atoms with E-state index in [-0.39, 0.29) is 6.03 Å². The zero-order valence-corrected chi connectivity index (χ0v) is 14.1. The fourth-order valence-electron chi connectivity index (χ4n) is 2.86. The standard InChI is InChI=1S/C17H25N5O2/c1-14(21-8-10-24-11-9-21)12-19-17(23)18-6-5-15-13-22-7-3-2-4-16(22)20-15/h2-4,7,13-14H,5-6,8-12H2,1H3,(H2,18,19,23)/t14-/m1/s1. The number of fused-ring (bicyclic) bond motifs is 1. The minimum absolute atomic E-state index is 0.126. The Morgan fingerprint density at radius 3 is 2.96 bits per heavy atom. The van der Waals surface area contributed by atoms with Gasteiger partial charge in [-0.3, -0.25) is 4.90 Å². The quantitative estimate of drug-likeness (QED) is 0.825. The van der Waals surface area contributed by atoms with Crippen LogP contribution in [0.3, 0.4) is 0 Å². The SMILES string of the molecule is C[C@H](CNC(=O)NCCc1cn2ccccc2n1)N1CCOCC1. The fourth-order valence-corrected chi connectivity index (χ4v) is 2.86. The molecule has 0 radical (unpaired) electrons. The summed E-state index contributed by atoms with van der Waals surface area (Å²) in [4.78, 5) is 18.8. The molecule has 3 rings (SSSR count). The summed E-state index contributed by atoms with van der Waals surface area (Å²) in [5, 5.41) is 5.83. The average Bonchev–Trinajstić information content (AvgIpc) is 3.03. The van der Waals surface area contributed by atoms with E-state index >= 15 is 0 Å². The third-order valence-corrected chi connectivity index (χ3v) is 4.31. The van der Waals surface area contributed by atoms with E-state index in [0.717, 1.165) is 37.6 Å². The van der Waals surface area contributed by atoms with Crippen LogP contribution in [0.2, 0.25) is 0 Å². The summed E-state index contributed by atoms with van der Waals surface area (Å²) in [6.07, 6.45) is 4.68. The molecule has 0 spiro atoms. The van der Waals surface area contributed by atoms with Gasteiger partial charge < -0.3 is 19.8 Å². The molecular weight excluding hydrogens is 306 g/mol. The van der Waals surface area contributed by atoms with Gasteiger partial charge in [-0.1, -0.05) is 6.07 Å². The molecule has 2 N–H and O–H groups in total. The highest BCUT2D eigenvalue weighted by atomic mass is 16.5. The van der Waals surface area contributed by atoms with Gasteiger partial charge in [0.1, 0.15) is 5.65 Å². The maximum atomic E-state index is 11.9. The number of carbonyl (C=O) groups is 1. The predicted molar refractivity (Wildman–Crippen MR) is 92.2 cm³/mol. The first-order valence-electron chi connectivity index (χ1n) is 8.48. The molecule has 1 aliphatic rings. The van der Waals surface area contributed by atoms with Crippen molar-refractivity contribution in [2.45, 2.75) is 19.4 Å². The highest BCUT2D eigenvalue weighted by Crippen LogP contribution is 2.04. The molecule has 2 aromatic rings. The lowest BCUT2D eigenvalue weighted by atomic mass is 10.2. The molecule has 24 heavy (non-hydrogen) atoms. The van der Waals surface area contributed by atoms with E-state index in [1.807, 2.05) is 35.0 Å². The first kappa shape index (κ1) is 16.7. The smallest absolute Gasteiger partial charge is 0.314 e. The lowest BCUT2D eigenvalue weighted by Crippen LogP contribution is -2.49. The number of aromatic nitrogens is 2. The summed E-state index contributed by atoms with van der Waals surface area (Å²) < 4.78 is 7.33. The maximum Gasteiger partial charge on any atom is 0.314 e. The molecule has 2 amide bonds. The number of nitrogens with zero attached hydrogens (tertiary/aromatic N) is 3. The number of pyridine rings is 1. The zero-order valence-electron chi connectivity index (χ0n) is 14.1. The fraction of sp³-hybridized carbons (Fsp3) is 0.529. The van der Waals surface area contributed by atoms with E-state index in [0.29, 0.717) is 25.6 Å². The summed E-state index contributed by atoms with van der Waals surface area (Å²) >= 11 is 0. The van der Waals surface area contributed by atoms with Crippen LogP contribution in [-0.2, 0) is 11.2 Å². The van der Waals surface area contributed by atoms with Crippen LogP contribution in [-0.4, -0.2) is 65.8 Å². The Bertz CT molecular complexity index is 633. The predicted octanol–water partition coefficient (Wildman–Crippen LogP) is 0.897. The number of rotatable bonds is 6. The van der Waals surface area contributed by atoms with Crippen LogP contribution in [0.25, 0.3) is 5.65 Å². The summed E-state index contributed by atoms with van der Waals surface area (Å²) in [7, 11) is 0. The average molecular weight is 331 g/mol. The number of hydrogen-bond acceptors (Lipinski definition) is 4. The van der Waals surface area contributed by atoms with Crippen molar-refractivity contribution in [2.75, 3.05) is 39.4 Å². The molecule has 2 aromatic heterocycles. The van der Waals surface area contributed by atoms with Crippen molar-refractivity contribution in [3.05, 3.63) is 36.3 Å². The molecule has 7 nitrogen and oxygen atoms in total. The molecule has 0 unspecified atom stereocenters. The second-order valence-electron chi connectivity index (χ2n) is 6.08. The maximum absolute atomic E-state index is 11.9. The number of hydrogen-bond donors (Lipinski definition) is 2. The first-order valence-corrected chi connectivity index (χ1v) is 8.48. The Labute approximate surface area is 142 Å². The van der Waals surface area contributed by atoms with Gasteiger partial charge in [-0.15, -0.1) is 0 Å². The summed E-state index contributed by atoms with van der Waals surface area (Å²) in [6, 6.07) is 6.10. The molecule has 1 fully saturated rings. The Morgan fingerprint density at radius 2 is 2.17 bits per heavy atom. The number of morpholine rings is 1. The van der Waals surface area contributed by atoms with Crippen LogP contribution in [0, 0.1) is 0 Å². The molecule has 1 atom stereocenters. The summed E-state index contributed by atoms with van der Waals surface area (Å²) in [6.45, 7) is 6.74. The van der Waals surface area contributed by atoms with Crippen molar-refractivity contribution < 1.29 is 9.53 Å². The minimum Gasteiger partial charge on any atom is -0.379 e. The van der Waals surface area contributed by atoms with Gasteiger partial charge in [0.15, 0.2) is 0 Å². The van der Waals surface area contributed by atoms with Gasteiger partial charge in [0.25, 0.3) is 0 Å². The Morgan fingerprint density at radius 1 is 1.33 bits per heavy atom. The van der Waals surface area contributed by atoms with Crippen molar-refractivity contribution in [2.24, 2.45) is 0 Å². The molecule has 1 saturated heterocycles. The first-order chi connectivity index (χ1) is 11.7. The van der Waals surface area contributed by atoms with Crippen molar-refractivity contribution >= 4 is 11.7 Å². The highest BCUT2D eigenvalue weighted by Gasteiger charge is 2.17. The van der Waals surface area contributed by atoms with Crippen LogP contribution in [0.4, 0.5) is 4.79 Å². The molecule has 130 valence electrons. The van der Waals surface area contributed by atoms with Crippen molar-refractivity contribution in [1.82, 2.24) is 24.9 Å². The molecule has 0 aliphatic carbocycles. The van der Waals surface area contributed by atoms with Gasteiger partial charge in [0.2, 0.25) is 0 Å². The molecule has 0 saturated carbocycles. The second-order valence-corrected chi connectivity index (χ2v) is 6.08. The normalized spacial score (nSPS) is 16.9. The van der Waals surface area contributed by atoms with Crippen molar-refractivity contribution in [1.29, 1.82) is 0 Å². The van der Waals surface area contributed by atoms with Crippen molar-refractivity contribution in [3.8, 4) is 0 Å². The van der Waals surface area contributed by atoms with Crippen LogP contribution in [0.5, 0.6) is 0 Å². The Hall–Kier alpha value is -2.12. The molecule has 0 aromatic carbocycles. The largest absolute Gasteiger partial charge is 0.379 e. The monoisotopic (exact) mass is 331 g/mol. The van der Waals surface area contributed by atoms with Gasteiger partial charge >= 0.3 is 6.03 Å². The molecule has 3 heterocycles. The van der Waals surface area contributed by atoms with Gasteiger partial charge in [0.05, 0.1) is 18.9 Å². The zero-order chi connectivity index (χ0) is 16.8. The van der Waals surface area contributed by atoms with Crippen LogP contribution < -0.4 is 10.6 Å². The number of carbonyl (C=O) groups excluding carboxylic acids is 1. The van der Waals surface area contributed by atoms with Crippen LogP contribution >= 0.6 is 0 Å². The van der Waals surface area contributed by atoms with Gasteiger partial charge in [-0.2, -0.15) is 0 Å². The third kappa shape index (κ3) is 4.46. The number of urea groups is 1. The Balaban J connectivity index is 1.36. The van der Waals surface area contributed by atoms with E-state index in [1.54, 1.807) is 0 Å². The van der Waals surface area contributed by atoms with E-state index in [4.69, 9.17) is 4.74 Å². The minimum atomic E-state index is -0.126. The summed E-state index contributed by atoms with van der Waals surface area (Å²) in [5.74, 6) is 0. The molecular formula is C17H25N5O2. The van der Waals surface area contributed by atoms with Crippen LogP contribution in [0.1, 0.15) is 12.6 Å². The van der Waals surface area contributed by atoms with E-state index in [9.17, 15) is 4.79 Å². The lowest BCUT2D eigenvalue weighted by Gasteiger charge is -2.32. The van der Waals surface area contributed by atoms with Crippen LogP contribution in [0.15, 0.2) is 30.6 Å².